The van der Waals surface area contributed by atoms with E-state index in [1.165, 1.54) is 17.5 Å². The number of benzene rings is 2. The van der Waals surface area contributed by atoms with Crippen LogP contribution in [0.5, 0.6) is 5.75 Å². The number of anilines is 1. The number of amides is 1. The summed E-state index contributed by atoms with van der Waals surface area (Å²) in [5, 5.41) is 2.86. The van der Waals surface area contributed by atoms with Gasteiger partial charge in [0.2, 0.25) is 0 Å². The number of nitrogens with one attached hydrogen (secondary N) is 1. The first-order chi connectivity index (χ1) is 11.7. The summed E-state index contributed by atoms with van der Waals surface area (Å²) in [5.41, 5.74) is 4.18. The molecule has 4 nitrogen and oxygen atoms in total. The number of rotatable bonds is 6. The first-order valence-electron chi connectivity index (χ1n) is 8.33. The third kappa shape index (κ3) is 3.82. The molecule has 0 aliphatic heterocycles. The standard InChI is InChI=1S/C20H21NO3/c1-2-19(22)15-7-10-18(11-8-15)24-13-20(23)21-17-9-6-14-4-3-5-16(14)12-17/h6-12H,2-5,13H2,1H3,(H,21,23). The number of hydrogen-bond donors (Lipinski definition) is 1. The lowest BCUT2D eigenvalue weighted by atomic mass is 10.1. The lowest BCUT2D eigenvalue weighted by Crippen LogP contribution is -2.20. The SMILES string of the molecule is CCC(=O)c1ccc(OCC(=O)Nc2ccc3c(c2)CCC3)cc1. The van der Waals surface area contributed by atoms with Crippen molar-refractivity contribution in [2.45, 2.75) is 32.6 Å². The number of aryl methyl sites for hydroxylation is 2. The van der Waals surface area contributed by atoms with E-state index in [9.17, 15) is 9.59 Å². The van der Waals surface area contributed by atoms with Gasteiger partial charge in [0.1, 0.15) is 5.75 Å². The Kier molecular flexibility index (Phi) is 4.94. The largest absolute Gasteiger partial charge is 0.484 e. The van der Waals surface area contributed by atoms with E-state index in [-0.39, 0.29) is 18.3 Å². The highest BCUT2D eigenvalue weighted by Crippen LogP contribution is 2.24. The van der Waals surface area contributed by atoms with Gasteiger partial charge in [-0.1, -0.05) is 13.0 Å². The Balaban J connectivity index is 1.53. The minimum Gasteiger partial charge on any atom is -0.484 e. The Bertz CT molecular complexity index is 750. The molecule has 0 saturated carbocycles. The van der Waals surface area contributed by atoms with Crippen LogP contribution in [0.15, 0.2) is 42.5 Å². The molecule has 4 heteroatoms. The molecule has 3 rings (SSSR count). The van der Waals surface area contributed by atoms with Crippen LogP contribution in [0.25, 0.3) is 0 Å². The van der Waals surface area contributed by atoms with Gasteiger partial charge in [0, 0.05) is 17.7 Å². The summed E-state index contributed by atoms with van der Waals surface area (Å²) in [6.45, 7) is 1.77. The van der Waals surface area contributed by atoms with Crippen LogP contribution in [0.2, 0.25) is 0 Å². The fraction of sp³-hybridized carbons (Fsp3) is 0.300. The van der Waals surface area contributed by atoms with Crippen molar-refractivity contribution < 1.29 is 14.3 Å². The van der Waals surface area contributed by atoms with Crippen molar-refractivity contribution in [3.63, 3.8) is 0 Å². The minimum atomic E-state index is -0.193. The Morgan fingerprint density at radius 3 is 2.54 bits per heavy atom. The fourth-order valence-corrected chi connectivity index (χ4v) is 2.94. The second-order valence-electron chi connectivity index (χ2n) is 5.98. The first kappa shape index (κ1) is 16.2. The van der Waals surface area contributed by atoms with Crippen LogP contribution in [0.4, 0.5) is 5.69 Å². The van der Waals surface area contributed by atoms with E-state index >= 15 is 0 Å². The Morgan fingerprint density at radius 2 is 1.79 bits per heavy atom. The van der Waals surface area contributed by atoms with Gasteiger partial charge in [-0.25, -0.2) is 0 Å². The van der Waals surface area contributed by atoms with Crippen LogP contribution >= 0.6 is 0 Å². The molecule has 1 amide bonds. The highest BCUT2D eigenvalue weighted by atomic mass is 16.5. The molecular weight excluding hydrogens is 302 g/mol. The van der Waals surface area contributed by atoms with Crippen LogP contribution in [0.1, 0.15) is 41.3 Å². The molecule has 2 aromatic carbocycles. The maximum Gasteiger partial charge on any atom is 0.262 e. The van der Waals surface area contributed by atoms with Crippen molar-refractivity contribution in [2.24, 2.45) is 0 Å². The lowest BCUT2D eigenvalue weighted by Gasteiger charge is -2.09. The van der Waals surface area contributed by atoms with Gasteiger partial charge in [-0.2, -0.15) is 0 Å². The second kappa shape index (κ2) is 7.30. The number of ketones is 1. The number of carbonyl (C=O) groups excluding carboxylic acids is 2. The highest BCUT2D eigenvalue weighted by Gasteiger charge is 2.12. The predicted octanol–water partition coefficient (Wildman–Crippen LogP) is 3.79. The van der Waals surface area contributed by atoms with E-state index in [0.717, 1.165) is 18.5 Å². The van der Waals surface area contributed by atoms with Gasteiger partial charge < -0.3 is 10.1 Å². The number of Topliss-reactive ketones (excluding diaryl/α,β-unsaturated/α-hetero) is 1. The van der Waals surface area contributed by atoms with E-state index in [1.807, 2.05) is 19.1 Å². The van der Waals surface area contributed by atoms with Crippen molar-refractivity contribution in [3.05, 3.63) is 59.2 Å². The zero-order valence-corrected chi connectivity index (χ0v) is 13.8. The zero-order valence-electron chi connectivity index (χ0n) is 13.8. The van der Waals surface area contributed by atoms with Crippen molar-refractivity contribution in [1.29, 1.82) is 0 Å². The van der Waals surface area contributed by atoms with Gasteiger partial charge in [-0.15, -0.1) is 0 Å². The van der Waals surface area contributed by atoms with Crippen LogP contribution in [-0.4, -0.2) is 18.3 Å². The molecule has 0 aromatic heterocycles. The molecular formula is C20H21NO3. The molecule has 1 aliphatic rings. The third-order valence-corrected chi connectivity index (χ3v) is 4.25. The number of fused-ring (bicyclic) bond motifs is 1. The van der Waals surface area contributed by atoms with Gasteiger partial charge in [-0.3, -0.25) is 9.59 Å². The fourth-order valence-electron chi connectivity index (χ4n) is 2.94. The van der Waals surface area contributed by atoms with Gasteiger partial charge in [0.25, 0.3) is 5.91 Å². The van der Waals surface area contributed by atoms with Crippen molar-refractivity contribution in [1.82, 2.24) is 0 Å². The molecule has 0 spiro atoms. The minimum absolute atomic E-state index is 0.0574. The summed E-state index contributed by atoms with van der Waals surface area (Å²) < 4.78 is 5.48. The maximum atomic E-state index is 12.0. The summed E-state index contributed by atoms with van der Waals surface area (Å²) in [5.74, 6) is 0.476. The van der Waals surface area contributed by atoms with Crippen molar-refractivity contribution in [2.75, 3.05) is 11.9 Å². The molecule has 0 radical (unpaired) electrons. The van der Waals surface area contributed by atoms with E-state index < -0.39 is 0 Å². The smallest absolute Gasteiger partial charge is 0.262 e. The normalized spacial score (nSPS) is 12.5. The van der Waals surface area contributed by atoms with Crippen LogP contribution in [-0.2, 0) is 17.6 Å². The average molecular weight is 323 g/mol. The Hall–Kier alpha value is -2.62. The van der Waals surface area contributed by atoms with E-state index in [4.69, 9.17) is 4.74 Å². The monoisotopic (exact) mass is 323 g/mol. The van der Waals surface area contributed by atoms with E-state index in [0.29, 0.717) is 17.7 Å². The van der Waals surface area contributed by atoms with Crippen LogP contribution in [0.3, 0.4) is 0 Å². The summed E-state index contributed by atoms with van der Waals surface area (Å²) >= 11 is 0. The highest BCUT2D eigenvalue weighted by molar-refractivity contribution is 5.96. The summed E-state index contributed by atoms with van der Waals surface area (Å²) in [4.78, 5) is 23.6. The predicted molar refractivity (Wildman–Crippen MR) is 93.7 cm³/mol. The van der Waals surface area contributed by atoms with Crippen molar-refractivity contribution in [3.8, 4) is 5.75 Å². The van der Waals surface area contributed by atoms with E-state index in [2.05, 4.69) is 11.4 Å². The molecule has 0 unspecified atom stereocenters. The first-order valence-corrected chi connectivity index (χ1v) is 8.33. The second-order valence-corrected chi connectivity index (χ2v) is 5.98. The molecule has 0 heterocycles. The third-order valence-electron chi connectivity index (χ3n) is 4.25. The summed E-state index contributed by atoms with van der Waals surface area (Å²) in [7, 11) is 0. The molecule has 24 heavy (non-hydrogen) atoms. The molecule has 124 valence electrons. The Morgan fingerprint density at radius 1 is 1.04 bits per heavy atom. The molecule has 1 N–H and O–H groups in total. The van der Waals surface area contributed by atoms with Crippen molar-refractivity contribution >= 4 is 17.4 Å². The van der Waals surface area contributed by atoms with Gasteiger partial charge in [0.15, 0.2) is 12.4 Å². The molecule has 0 atom stereocenters. The quantitative estimate of drug-likeness (QED) is 0.823. The average Bonchev–Trinajstić information content (AvgIpc) is 3.07. The van der Waals surface area contributed by atoms with Gasteiger partial charge >= 0.3 is 0 Å². The van der Waals surface area contributed by atoms with Crippen LogP contribution in [0, 0.1) is 0 Å². The number of ether oxygens (including phenoxy) is 1. The van der Waals surface area contributed by atoms with Gasteiger partial charge in [-0.05, 0) is 66.8 Å². The molecule has 0 fully saturated rings. The lowest BCUT2D eigenvalue weighted by molar-refractivity contribution is -0.118. The molecule has 0 bridgehead atoms. The number of hydrogen-bond acceptors (Lipinski definition) is 3. The summed E-state index contributed by atoms with van der Waals surface area (Å²) in [6, 6.07) is 12.9. The van der Waals surface area contributed by atoms with Gasteiger partial charge in [0.05, 0.1) is 0 Å². The molecule has 0 saturated heterocycles. The maximum absolute atomic E-state index is 12.0. The zero-order chi connectivity index (χ0) is 16.9. The van der Waals surface area contributed by atoms with Crippen LogP contribution < -0.4 is 10.1 Å². The van der Waals surface area contributed by atoms with E-state index in [1.54, 1.807) is 24.3 Å². The Labute approximate surface area is 141 Å². The molecule has 2 aromatic rings. The summed E-state index contributed by atoms with van der Waals surface area (Å²) in [6.07, 6.45) is 3.87. The molecule has 1 aliphatic carbocycles. The number of carbonyl (C=O) groups is 2. The topological polar surface area (TPSA) is 55.4 Å².